The van der Waals surface area contributed by atoms with E-state index in [2.05, 4.69) is 17.7 Å². The van der Waals surface area contributed by atoms with Gasteiger partial charge in [-0.1, -0.05) is 110 Å². The van der Waals surface area contributed by atoms with Crippen molar-refractivity contribution in [1.82, 2.24) is 10.8 Å². The Morgan fingerprint density at radius 1 is 0.656 bits per heavy atom. The highest BCUT2D eigenvalue weighted by molar-refractivity contribution is 5.02. The highest BCUT2D eigenvalue weighted by atomic mass is 16.5. The normalized spacial score (nSPS) is 16.6. The third-order valence-electron chi connectivity index (χ3n) is 7.05. The smallest absolute Gasteiger partial charge is 0.0710 e. The first-order valence-electron chi connectivity index (χ1n) is 13.9. The lowest BCUT2D eigenvalue weighted by molar-refractivity contribution is -0.0268. The Hall–Kier alpha value is -0.200. The number of nitrogens with one attached hydrogen (secondary N) is 2. The molecule has 0 saturated carbocycles. The van der Waals surface area contributed by atoms with Crippen LogP contribution < -0.4 is 10.8 Å². The molecule has 5 nitrogen and oxygen atoms in total. The molecule has 194 valence electrons. The summed E-state index contributed by atoms with van der Waals surface area (Å²) >= 11 is 0. The number of rotatable bonds is 24. The van der Waals surface area contributed by atoms with E-state index >= 15 is 0 Å². The van der Waals surface area contributed by atoms with Crippen molar-refractivity contribution in [1.29, 1.82) is 0 Å². The number of aliphatic hydroxyl groups excluding tert-OH is 2. The van der Waals surface area contributed by atoms with Crippen molar-refractivity contribution in [3.05, 3.63) is 0 Å². The van der Waals surface area contributed by atoms with Crippen LogP contribution in [-0.2, 0) is 0 Å². The molecule has 0 saturated heterocycles. The molecule has 0 aromatic heterocycles. The predicted molar refractivity (Wildman–Crippen MR) is 137 cm³/mol. The quantitative estimate of drug-likeness (QED) is 0.0843. The molecule has 0 aliphatic heterocycles. The van der Waals surface area contributed by atoms with E-state index in [-0.39, 0.29) is 6.04 Å². The minimum Gasteiger partial charge on any atom is -0.393 e. The molecule has 5 heteroatoms. The van der Waals surface area contributed by atoms with Gasteiger partial charge in [0.05, 0.1) is 23.8 Å². The van der Waals surface area contributed by atoms with Crippen LogP contribution in [0.4, 0.5) is 0 Å². The van der Waals surface area contributed by atoms with Crippen molar-refractivity contribution in [3.8, 4) is 0 Å². The van der Waals surface area contributed by atoms with Crippen molar-refractivity contribution in [2.45, 2.75) is 167 Å². The number of unbranched alkanes of at least 4 members (excludes halogenated alkanes) is 15. The van der Waals surface area contributed by atoms with Gasteiger partial charge in [0, 0.05) is 0 Å². The van der Waals surface area contributed by atoms with Gasteiger partial charge in [-0.15, -0.1) is 0 Å². The fourth-order valence-electron chi connectivity index (χ4n) is 5.00. The van der Waals surface area contributed by atoms with E-state index in [1.807, 2.05) is 6.92 Å². The molecule has 0 heterocycles. The van der Waals surface area contributed by atoms with Gasteiger partial charge in [0.2, 0.25) is 0 Å². The second-order valence-corrected chi connectivity index (χ2v) is 10.1. The first-order valence-corrected chi connectivity index (χ1v) is 13.9. The minimum absolute atomic E-state index is 0.307. The van der Waals surface area contributed by atoms with Gasteiger partial charge in [-0.05, 0) is 39.7 Å². The van der Waals surface area contributed by atoms with E-state index in [1.165, 1.54) is 96.3 Å². The number of hydrogen-bond donors (Lipinski definition) is 5. The Bertz CT molecular complexity index is 389. The van der Waals surface area contributed by atoms with Gasteiger partial charge in [0.15, 0.2) is 0 Å². The van der Waals surface area contributed by atoms with Crippen molar-refractivity contribution in [2.75, 3.05) is 6.54 Å². The summed E-state index contributed by atoms with van der Waals surface area (Å²) in [6.45, 7) is 8.51. The molecule has 0 amide bonds. The monoisotopic (exact) mass is 458 g/mol. The van der Waals surface area contributed by atoms with E-state index in [4.69, 9.17) is 0 Å². The van der Waals surface area contributed by atoms with E-state index in [9.17, 15) is 15.4 Å². The Labute approximate surface area is 200 Å². The Kier molecular flexibility index (Phi) is 21.2. The molecular weight excluding hydrogens is 400 g/mol. The Morgan fingerprint density at radius 2 is 1.06 bits per heavy atom. The maximum Gasteiger partial charge on any atom is 0.0710 e. The van der Waals surface area contributed by atoms with Gasteiger partial charge in [-0.3, -0.25) is 0 Å². The maximum absolute atomic E-state index is 10.5. The molecule has 0 bridgehead atoms. The second-order valence-electron chi connectivity index (χ2n) is 10.1. The molecule has 5 N–H and O–H groups in total. The van der Waals surface area contributed by atoms with Crippen LogP contribution in [0.5, 0.6) is 0 Å². The van der Waals surface area contributed by atoms with E-state index in [1.54, 1.807) is 13.8 Å². The molecule has 0 spiro atoms. The molecule has 0 radical (unpaired) electrons. The zero-order valence-corrected chi connectivity index (χ0v) is 22.0. The second kappa shape index (κ2) is 21.3. The summed E-state index contributed by atoms with van der Waals surface area (Å²) in [5.74, 6) is 0. The third kappa shape index (κ3) is 14.8. The van der Waals surface area contributed by atoms with Crippen LogP contribution in [0.15, 0.2) is 0 Å². The Balaban J connectivity index is 3.79. The molecule has 0 aromatic rings. The van der Waals surface area contributed by atoms with Gasteiger partial charge in [0.25, 0.3) is 0 Å². The zero-order chi connectivity index (χ0) is 24.1. The van der Waals surface area contributed by atoms with Crippen molar-refractivity contribution in [3.63, 3.8) is 0 Å². The fraction of sp³-hybridized carbons (Fsp3) is 1.00. The van der Waals surface area contributed by atoms with Crippen LogP contribution in [0.2, 0.25) is 0 Å². The molecular formula is C27H58N2O3. The van der Waals surface area contributed by atoms with Gasteiger partial charge in [-0.2, -0.15) is 0 Å². The lowest BCUT2D eigenvalue weighted by Crippen LogP contribution is -2.66. The van der Waals surface area contributed by atoms with Crippen molar-refractivity contribution >= 4 is 0 Å². The zero-order valence-electron chi connectivity index (χ0n) is 22.0. The highest BCUT2D eigenvalue weighted by Gasteiger charge is 2.42. The van der Waals surface area contributed by atoms with Crippen LogP contribution in [-0.4, -0.2) is 45.8 Å². The summed E-state index contributed by atoms with van der Waals surface area (Å²) in [7, 11) is 0. The summed E-state index contributed by atoms with van der Waals surface area (Å²) in [5.41, 5.74) is 1.62. The molecule has 4 unspecified atom stereocenters. The largest absolute Gasteiger partial charge is 0.393 e. The summed E-state index contributed by atoms with van der Waals surface area (Å²) in [4.78, 5) is 0. The first kappa shape index (κ1) is 31.8. The highest BCUT2D eigenvalue weighted by Crippen LogP contribution is 2.25. The average Bonchev–Trinajstić information content (AvgIpc) is 2.75. The average molecular weight is 459 g/mol. The lowest BCUT2D eigenvalue weighted by atomic mass is 9.79. The van der Waals surface area contributed by atoms with Gasteiger partial charge in [-0.25, -0.2) is 5.48 Å². The summed E-state index contributed by atoms with van der Waals surface area (Å²) < 4.78 is 0. The van der Waals surface area contributed by atoms with Crippen LogP contribution >= 0.6 is 0 Å². The van der Waals surface area contributed by atoms with Crippen LogP contribution in [0.3, 0.4) is 0 Å². The summed E-state index contributed by atoms with van der Waals surface area (Å²) in [6, 6.07) is -0.307. The minimum atomic E-state index is -0.729. The van der Waals surface area contributed by atoms with Gasteiger partial charge < -0.3 is 20.7 Å². The van der Waals surface area contributed by atoms with E-state index in [0.717, 1.165) is 13.0 Å². The summed E-state index contributed by atoms with van der Waals surface area (Å²) in [6.07, 6.45) is 21.4. The molecule has 4 atom stereocenters. The van der Waals surface area contributed by atoms with Crippen LogP contribution in [0.25, 0.3) is 0 Å². The number of hydrogen-bond acceptors (Lipinski definition) is 5. The standard InChI is InChI=1S/C27H58N2O3/c1-5-7-8-9-10-11-12-13-14-15-16-17-18-19-20-21-22-28-27(25(4)31,23-24(3)30)26(6-2)29-32/h24-26,28-32H,5-23H2,1-4H3. The first-order chi connectivity index (χ1) is 15.4. The predicted octanol–water partition coefficient (Wildman–Crippen LogP) is 6.49. The van der Waals surface area contributed by atoms with Crippen molar-refractivity contribution < 1.29 is 15.4 Å². The topological polar surface area (TPSA) is 84.8 Å². The lowest BCUT2D eigenvalue weighted by Gasteiger charge is -2.44. The molecule has 32 heavy (non-hydrogen) atoms. The van der Waals surface area contributed by atoms with Gasteiger partial charge in [0.1, 0.15) is 0 Å². The molecule has 0 fully saturated rings. The van der Waals surface area contributed by atoms with E-state index in [0.29, 0.717) is 12.8 Å². The van der Waals surface area contributed by atoms with Crippen LogP contribution in [0.1, 0.15) is 143 Å². The van der Waals surface area contributed by atoms with Crippen molar-refractivity contribution in [2.24, 2.45) is 0 Å². The summed E-state index contributed by atoms with van der Waals surface area (Å²) in [5, 5.41) is 33.5. The van der Waals surface area contributed by atoms with E-state index < -0.39 is 17.7 Å². The molecule has 0 aliphatic carbocycles. The number of aliphatic hydroxyl groups is 2. The molecule has 0 rings (SSSR count). The number of hydroxylamine groups is 1. The molecule has 0 aliphatic rings. The fourth-order valence-corrected chi connectivity index (χ4v) is 5.00. The third-order valence-corrected chi connectivity index (χ3v) is 7.05. The van der Waals surface area contributed by atoms with Crippen LogP contribution in [0, 0.1) is 0 Å². The maximum atomic E-state index is 10.5. The Morgan fingerprint density at radius 3 is 1.38 bits per heavy atom. The molecule has 0 aromatic carbocycles. The van der Waals surface area contributed by atoms with Gasteiger partial charge >= 0.3 is 0 Å². The SMILES string of the molecule is CCCCCCCCCCCCCCCCCCNC(CC(C)O)(C(C)O)C(CC)NO.